The molecule has 32 heavy (non-hydrogen) atoms. The summed E-state index contributed by atoms with van der Waals surface area (Å²) < 4.78 is 18.6. The molecule has 2 fully saturated rings. The zero-order chi connectivity index (χ0) is 22.3. The molecule has 7 heteroatoms. The van der Waals surface area contributed by atoms with Crippen molar-refractivity contribution in [2.45, 2.75) is 38.3 Å². The van der Waals surface area contributed by atoms with Crippen LogP contribution in [0.1, 0.15) is 41.6 Å². The summed E-state index contributed by atoms with van der Waals surface area (Å²) in [5, 5.41) is 5.89. The van der Waals surface area contributed by atoms with Gasteiger partial charge in [-0.15, -0.1) is 0 Å². The van der Waals surface area contributed by atoms with E-state index in [0.29, 0.717) is 17.8 Å². The van der Waals surface area contributed by atoms with Crippen LogP contribution in [-0.4, -0.2) is 49.1 Å². The van der Waals surface area contributed by atoms with Crippen molar-refractivity contribution in [3.8, 4) is 0 Å². The van der Waals surface area contributed by atoms with Gasteiger partial charge in [-0.2, -0.15) is 0 Å². The third kappa shape index (κ3) is 5.93. The number of anilines is 1. The molecule has 2 saturated heterocycles. The van der Waals surface area contributed by atoms with Gasteiger partial charge in [-0.3, -0.25) is 14.5 Å². The standard InChI is InChI=1S/C25H30FN3O3/c26-20-9-7-18(8-10-20)17-29-13-11-19(12-14-29)24(30)28-23-6-2-1-5-22(23)25(31)27-16-21-4-3-15-32-21/h1-2,5-10,19,21H,3-4,11-17H2,(H,27,31)(H,28,30)/t21-/m0/s1. The number of halogens is 1. The Balaban J connectivity index is 1.28. The molecule has 4 rings (SSSR count). The molecule has 0 unspecified atom stereocenters. The Labute approximate surface area is 188 Å². The van der Waals surface area contributed by atoms with E-state index < -0.39 is 0 Å². The molecule has 2 heterocycles. The summed E-state index contributed by atoms with van der Waals surface area (Å²) in [5.41, 5.74) is 2.07. The summed E-state index contributed by atoms with van der Waals surface area (Å²) in [6.07, 6.45) is 3.55. The predicted octanol–water partition coefficient (Wildman–Crippen LogP) is 3.59. The lowest BCUT2D eigenvalue weighted by molar-refractivity contribution is -0.121. The minimum Gasteiger partial charge on any atom is -0.376 e. The lowest BCUT2D eigenvalue weighted by Gasteiger charge is -2.31. The molecule has 6 nitrogen and oxygen atoms in total. The normalized spacial score (nSPS) is 19.6. The highest BCUT2D eigenvalue weighted by Gasteiger charge is 2.26. The van der Waals surface area contributed by atoms with Gasteiger partial charge in [0.1, 0.15) is 5.82 Å². The maximum Gasteiger partial charge on any atom is 0.253 e. The van der Waals surface area contributed by atoms with E-state index in [1.807, 2.05) is 6.07 Å². The lowest BCUT2D eigenvalue weighted by atomic mass is 9.95. The van der Waals surface area contributed by atoms with Gasteiger partial charge in [-0.25, -0.2) is 4.39 Å². The smallest absolute Gasteiger partial charge is 0.253 e. The Morgan fingerprint density at radius 2 is 1.78 bits per heavy atom. The summed E-state index contributed by atoms with van der Waals surface area (Å²) in [6.45, 7) is 3.59. The summed E-state index contributed by atoms with van der Waals surface area (Å²) in [5.74, 6) is -0.580. The van der Waals surface area contributed by atoms with E-state index in [-0.39, 0.29) is 29.7 Å². The molecular formula is C25H30FN3O3. The summed E-state index contributed by atoms with van der Waals surface area (Å²) in [6, 6.07) is 13.7. The third-order valence-electron chi connectivity index (χ3n) is 6.22. The van der Waals surface area contributed by atoms with Crippen LogP contribution in [0.15, 0.2) is 48.5 Å². The summed E-state index contributed by atoms with van der Waals surface area (Å²) in [7, 11) is 0. The highest BCUT2D eigenvalue weighted by Crippen LogP contribution is 2.23. The van der Waals surface area contributed by atoms with E-state index in [0.717, 1.165) is 57.5 Å². The van der Waals surface area contributed by atoms with Gasteiger partial charge in [0.15, 0.2) is 0 Å². The molecule has 170 valence electrons. The number of carbonyl (C=O) groups excluding carboxylic acids is 2. The molecule has 0 aromatic heterocycles. The number of nitrogens with one attached hydrogen (secondary N) is 2. The van der Waals surface area contributed by atoms with Gasteiger partial charge in [0.25, 0.3) is 5.91 Å². The Bertz CT molecular complexity index is 920. The minimum absolute atomic E-state index is 0.0502. The van der Waals surface area contributed by atoms with Crippen LogP contribution < -0.4 is 10.6 Å². The van der Waals surface area contributed by atoms with E-state index >= 15 is 0 Å². The zero-order valence-corrected chi connectivity index (χ0v) is 18.2. The number of piperidine rings is 1. The summed E-state index contributed by atoms with van der Waals surface area (Å²) in [4.78, 5) is 27.8. The van der Waals surface area contributed by atoms with Crippen molar-refractivity contribution in [1.29, 1.82) is 0 Å². The van der Waals surface area contributed by atoms with Crippen LogP contribution in [-0.2, 0) is 16.1 Å². The fourth-order valence-corrected chi connectivity index (χ4v) is 4.33. The van der Waals surface area contributed by atoms with E-state index in [1.165, 1.54) is 12.1 Å². The molecule has 2 aliphatic heterocycles. The number of rotatable bonds is 7. The van der Waals surface area contributed by atoms with Gasteiger partial charge in [0.2, 0.25) is 5.91 Å². The molecule has 0 radical (unpaired) electrons. The number of benzene rings is 2. The molecule has 2 aromatic carbocycles. The molecule has 0 saturated carbocycles. The molecule has 0 spiro atoms. The lowest BCUT2D eigenvalue weighted by Crippen LogP contribution is -2.38. The first-order chi connectivity index (χ1) is 15.6. The van der Waals surface area contributed by atoms with E-state index in [2.05, 4.69) is 15.5 Å². The van der Waals surface area contributed by atoms with E-state index in [9.17, 15) is 14.0 Å². The number of amides is 2. The first-order valence-electron chi connectivity index (χ1n) is 11.3. The average molecular weight is 440 g/mol. The second-order valence-electron chi connectivity index (χ2n) is 8.56. The number of likely N-dealkylation sites (tertiary alicyclic amines) is 1. The number of para-hydroxylation sites is 1. The van der Waals surface area contributed by atoms with Crippen LogP contribution >= 0.6 is 0 Å². The topological polar surface area (TPSA) is 70.7 Å². The van der Waals surface area contributed by atoms with Gasteiger partial charge >= 0.3 is 0 Å². The second-order valence-corrected chi connectivity index (χ2v) is 8.56. The highest BCUT2D eigenvalue weighted by molar-refractivity contribution is 6.04. The van der Waals surface area contributed by atoms with Crippen molar-refractivity contribution < 1.29 is 18.7 Å². The Kier molecular flexibility index (Phi) is 7.50. The van der Waals surface area contributed by atoms with Crippen LogP contribution in [0.5, 0.6) is 0 Å². The predicted molar refractivity (Wildman–Crippen MR) is 121 cm³/mol. The molecule has 2 amide bonds. The zero-order valence-electron chi connectivity index (χ0n) is 18.2. The maximum absolute atomic E-state index is 13.1. The number of hydrogen-bond acceptors (Lipinski definition) is 4. The number of hydrogen-bond donors (Lipinski definition) is 2. The molecule has 0 bridgehead atoms. The van der Waals surface area contributed by atoms with Crippen molar-refractivity contribution in [2.24, 2.45) is 5.92 Å². The number of carbonyl (C=O) groups is 2. The van der Waals surface area contributed by atoms with Gasteiger partial charge in [-0.05, 0) is 68.6 Å². The summed E-state index contributed by atoms with van der Waals surface area (Å²) >= 11 is 0. The Morgan fingerprint density at radius 1 is 1.03 bits per heavy atom. The molecule has 2 aromatic rings. The monoisotopic (exact) mass is 439 g/mol. The Hall–Kier alpha value is -2.77. The highest BCUT2D eigenvalue weighted by atomic mass is 19.1. The van der Waals surface area contributed by atoms with Crippen LogP contribution in [0.4, 0.5) is 10.1 Å². The van der Waals surface area contributed by atoms with Crippen LogP contribution in [0.25, 0.3) is 0 Å². The van der Waals surface area contributed by atoms with E-state index in [1.54, 1.807) is 30.3 Å². The first kappa shape index (κ1) is 22.4. The van der Waals surface area contributed by atoms with Crippen molar-refractivity contribution in [3.05, 3.63) is 65.5 Å². The minimum atomic E-state index is -0.232. The van der Waals surface area contributed by atoms with Gasteiger partial charge in [0.05, 0.1) is 17.4 Å². The van der Waals surface area contributed by atoms with Gasteiger partial charge < -0.3 is 15.4 Å². The second kappa shape index (κ2) is 10.7. The van der Waals surface area contributed by atoms with Crippen molar-refractivity contribution >= 4 is 17.5 Å². The van der Waals surface area contributed by atoms with Crippen molar-refractivity contribution in [2.75, 3.05) is 31.6 Å². The molecule has 2 aliphatic rings. The fourth-order valence-electron chi connectivity index (χ4n) is 4.33. The van der Waals surface area contributed by atoms with Gasteiger partial charge in [0, 0.05) is 25.6 Å². The van der Waals surface area contributed by atoms with Gasteiger partial charge in [-0.1, -0.05) is 24.3 Å². The maximum atomic E-state index is 13.1. The molecule has 1 atom stereocenters. The number of ether oxygens (including phenoxy) is 1. The van der Waals surface area contributed by atoms with Crippen molar-refractivity contribution in [1.82, 2.24) is 10.2 Å². The largest absolute Gasteiger partial charge is 0.376 e. The van der Waals surface area contributed by atoms with Crippen LogP contribution in [0.2, 0.25) is 0 Å². The average Bonchev–Trinajstić information content (AvgIpc) is 3.33. The fraction of sp³-hybridized carbons (Fsp3) is 0.440. The Morgan fingerprint density at radius 3 is 2.50 bits per heavy atom. The quantitative estimate of drug-likeness (QED) is 0.692. The SMILES string of the molecule is O=C(NC[C@@H]1CCCO1)c1ccccc1NC(=O)C1CCN(Cc2ccc(F)cc2)CC1. The first-order valence-corrected chi connectivity index (χ1v) is 11.3. The van der Waals surface area contributed by atoms with E-state index in [4.69, 9.17) is 4.74 Å². The third-order valence-corrected chi connectivity index (χ3v) is 6.22. The number of nitrogens with zero attached hydrogens (tertiary/aromatic N) is 1. The molecular weight excluding hydrogens is 409 g/mol. The van der Waals surface area contributed by atoms with Crippen LogP contribution in [0, 0.1) is 11.7 Å². The van der Waals surface area contributed by atoms with Crippen LogP contribution in [0.3, 0.4) is 0 Å². The molecule has 0 aliphatic carbocycles. The molecule has 2 N–H and O–H groups in total. The van der Waals surface area contributed by atoms with Crippen molar-refractivity contribution in [3.63, 3.8) is 0 Å².